The quantitative estimate of drug-likeness (QED) is 0.307. The summed E-state index contributed by atoms with van der Waals surface area (Å²) < 4.78 is 29.8. The van der Waals surface area contributed by atoms with Gasteiger partial charge < -0.3 is 16.6 Å². The lowest BCUT2D eigenvalue weighted by Crippen LogP contribution is -2.32. The fourth-order valence-corrected chi connectivity index (χ4v) is 1.72. The second-order valence-corrected chi connectivity index (χ2v) is 4.21. The van der Waals surface area contributed by atoms with Gasteiger partial charge >= 0.3 is 0 Å². The van der Waals surface area contributed by atoms with Gasteiger partial charge in [-0.2, -0.15) is 8.42 Å². The van der Waals surface area contributed by atoms with Crippen molar-refractivity contribution in [1.29, 1.82) is 0 Å². The van der Waals surface area contributed by atoms with Gasteiger partial charge in [0.25, 0.3) is 10.1 Å². The highest BCUT2D eigenvalue weighted by Gasteiger charge is 2.23. The summed E-state index contributed by atoms with van der Waals surface area (Å²) in [7, 11) is -4.14. The van der Waals surface area contributed by atoms with Crippen LogP contribution in [-0.2, 0) is 10.1 Å². The summed E-state index contributed by atoms with van der Waals surface area (Å²) in [6.07, 6.45) is -1.35. The molecule has 0 aliphatic rings. The molecule has 0 saturated carbocycles. The van der Waals surface area contributed by atoms with Gasteiger partial charge in [0.2, 0.25) is 0 Å². The lowest BCUT2D eigenvalue weighted by atomic mass is 10.2. The number of rotatable bonds is 5. The molecule has 0 amide bonds. The monoisotopic (exact) mass is 198 g/mol. The van der Waals surface area contributed by atoms with Crippen molar-refractivity contribution in [3.05, 3.63) is 0 Å². The van der Waals surface area contributed by atoms with Gasteiger partial charge in [0.1, 0.15) is 6.23 Å². The Labute approximate surface area is 71.3 Å². The van der Waals surface area contributed by atoms with E-state index in [0.717, 1.165) is 0 Å². The molecular formula is C5H14N2O4S. The van der Waals surface area contributed by atoms with Crippen molar-refractivity contribution < 1.29 is 18.1 Å². The minimum Gasteiger partial charge on any atom is -0.379 e. The first-order valence-corrected chi connectivity index (χ1v) is 4.98. The Morgan fingerprint density at radius 3 is 2.17 bits per heavy atom. The summed E-state index contributed by atoms with van der Waals surface area (Å²) >= 11 is 0. The van der Waals surface area contributed by atoms with E-state index in [-0.39, 0.29) is 19.4 Å². The molecule has 0 aliphatic heterocycles. The largest absolute Gasteiger partial charge is 0.379 e. The van der Waals surface area contributed by atoms with Crippen molar-refractivity contribution in [2.45, 2.75) is 24.3 Å². The smallest absolute Gasteiger partial charge is 0.267 e. The Hall–Kier alpha value is -0.210. The van der Waals surface area contributed by atoms with Crippen LogP contribution >= 0.6 is 0 Å². The van der Waals surface area contributed by atoms with Gasteiger partial charge in [0.15, 0.2) is 0 Å². The second-order valence-electron chi connectivity index (χ2n) is 2.52. The normalized spacial score (nSPS) is 17.3. The van der Waals surface area contributed by atoms with E-state index in [0.29, 0.717) is 0 Å². The van der Waals surface area contributed by atoms with Gasteiger partial charge in [-0.25, -0.2) is 0 Å². The van der Waals surface area contributed by atoms with E-state index in [9.17, 15) is 8.42 Å². The number of hydrogen-bond acceptors (Lipinski definition) is 5. The summed E-state index contributed by atoms with van der Waals surface area (Å²) in [5, 5.41) is 7.61. The molecule has 0 aromatic rings. The van der Waals surface area contributed by atoms with Gasteiger partial charge in [-0.1, -0.05) is 0 Å². The van der Waals surface area contributed by atoms with Gasteiger partial charge in [-0.15, -0.1) is 0 Å². The molecule has 0 aromatic carbocycles. The minimum atomic E-state index is -4.14. The highest BCUT2D eigenvalue weighted by atomic mass is 32.2. The number of aliphatic hydroxyl groups excluding tert-OH is 1. The van der Waals surface area contributed by atoms with Crippen molar-refractivity contribution in [1.82, 2.24) is 0 Å². The predicted octanol–water partition coefficient (Wildman–Crippen LogP) is -1.74. The van der Waals surface area contributed by atoms with E-state index < -0.39 is 21.6 Å². The third-order valence-corrected chi connectivity index (χ3v) is 2.68. The SMILES string of the molecule is NCCC(CC(N)O)S(=O)(=O)O. The standard InChI is InChI=1S/C5H14N2O4S/c6-2-1-4(3-5(7)8)12(9,10)11/h4-5,8H,1-3,6-7H2,(H,9,10,11). The molecule has 0 aromatic heterocycles. The van der Waals surface area contributed by atoms with Crippen molar-refractivity contribution in [2.75, 3.05) is 6.54 Å². The van der Waals surface area contributed by atoms with E-state index in [2.05, 4.69) is 0 Å². The molecular weight excluding hydrogens is 184 g/mol. The molecule has 2 unspecified atom stereocenters. The summed E-state index contributed by atoms with van der Waals surface area (Å²) in [5.41, 5.74) is 10.1. The summed E-state index contributed by atoms with van der Waals surface area (Å²) in [6.45, 7) is 0.122. The molecule has 7 heteroatoms. The van der Waals surface area contributed by atoms with Crippen LogP contribution in [-0.4, -0.2) is 36.1 Å². The summed E-state index contributed by atoms with van der Waals surface area (Å²) in [5.74, 6) is 0. The zero-order valence-electron chi connectivity index (χ0n) is 6.55. The first kappa shape index (κ1) is 11.8. The van der Waals surface area contributed by atoms with Crippen molar-refractivity contribution in [2.24, 2.45) is 11.5 Å². The Balaban J connectivity index is 4.24. The molecule has 2 atom stereocenters. The first-order chi connectivity index (χ1) is 5.38. The molecule has 6 N–H and O–H groups in total. The predicted molar refractivity (Wildman–Crippen MR) is 43.8 cm³/mol. The zero-order chi connectivity index (χ0) is 9.78. The highest BCUT2D eigenvalue weighted by Crippen LogP contribution is 2.08. The topological polar surface area (TPSA) is 127 Å². The number of hydrogen-bond donors (Lipinski definition) is 4. The van der Waals surface area contributed by atoms with E-state index in [4.69, 9.17) is 21.1 Å². The zero-order valence-corrected chi connectivity index (χ0v) is 7.37. The van der Waals surface area contributed by atoms with Gasteiger partial charge in [0, 0.05) is 6.42 Å². The van der Waals surface area contributed by atoms with E-state index in [1.165, 1.54) is 0 Å². The van der Waals surface area contributed by atoms with Crippen LogP contribution in [0, 0.1) is 0 Å². The molecule has 0 aliphatic carbocycles. The molecule has 0 heterocycles. The Kier molecular flexibility index (Phi) is 4.64. The van der Waals surface area contributed by atoms with E-state index >= 15 is 0 Å². The van der Waals surface area contributed by atoms with Crippen molar-refractivity contribution in [3.8, 4) is 0 Å². The number of nitrogens with two attached hydrogens (primary N) is 2. The molecule has 0 spiro atoms. The van der Waals surface area contributed by atoms with Crippen LogP contribution in [0.5, 0.6) is 0 Å². The maximum Gasteiger partial charge on any atom is 0.267 e. The molecule has 0 bridgehead atoms. The molecule has 74 valence electrons. The van der Waals surface area contributed by atoms with E-state index in [1.807, 2.05) is 0 Å². The van der Waals surface area contributed by atoms with Crippen molar-refractivity contribution >= 4 is 10.1 Å². The fourth-order valence-electron chi connectivity index (χ4n) is 0.844. The van der Waals surface area contributed by atoms with Crippen molar-refractivity contribution in [3.63, 3.8) is 0 Å². The highest BCUT2D eigenvalue weighted by molar-refractivity contribution is 7.86. The second kappa shape index (κ2) is 4.73. The third-order valence-electron chi connectivity index (χ3n) is 1.41. The third kappa shape index (κ3) is 4.62. The lowest BCUT2D eigenvalue weighted by Gasteiger charge is -2.13. The molecule has 0 radical (unpaired) electrons. The van der Waals surface area contributed by atoms with Crippen LogP contribution in [0.3, 0.4) is 0 Å². The maximum atomic E-state index is 10.6. The molecule has 0 rings (SSSR count). The first-order valence-electron chi connectivity index (χ1n) is 3.48. The van der Waals surface area contributed by atoms with E-state index in [1.54, 1.807) is 0 Å². The molecule has 12 heavy (non-hydrogen) atoms. The number of aliphatic hydroxyl groups is 1. The van der Waals surface area contributed by atoms with Crippen LogP contribution in [0.25, 0.3) is 0 Å². The van der Waals surface area contributed by atoms with Gasteiger partial charge in [-0.05, 0) is 13.0 Å². The summed E-state index contributed by atoms with van der Waals surface area (Å²) in [4.78, 5) is 0. The average Bonchev–Trinajstić information content (AvgIpc) is 1.83. The lowest BCUT2D eigenvalue weighted by molar-refractivity contribution is 0.168. The molecule has 0 saturated heterocycles. The Morgan fingerprint density at radius 2 is 1.92 bits per heavy atom. The molecule has 6 nitrogen and oxygen atoms in total. The Morgan fingerprint density at radius 1 is 1.42 bits per heavy atom. The maximum absolute atomic E-state index is 10.6. The van der Waals surface area contributed by atoms with Crippen LogP contribution < -0.4 is 11.5 Å². The van der Waals surface area contributed by atoms with Crippen LogP contribution in [0.2, 0.25) is 0 Å². The fraction of sp³-hybridized carbons (Fsp3) is 1.00. The van der Waals surface area contributed by atoms with Gasteiger partial charge in [0.05, 0.1) is 5.25 Å². The minimum absolute atomic E-state index is 0.0904. The molecule has 0 fully saturated rings. The average molecular weight is 198 g/mol. The van der Waals surface area contributed by atoms with Crippen LogP contribution in [0.4, 0.5) is 0 Å². The Bertz CT molecular complexity index is 213. The summed E-state index contributed by atoms with van der Waals surface area (Å²) in [6, 6.07) is 0. The van der Waals surface area contributed by atoms with Crippen LogP contribution in [0.15, 0.2) is 0 Å². The van der Waals surface area contributed by atoms with Gasteiger partial charge in [-0.3, -0.25) is 4.55 Å². The van der Waals surface area contributed by atoms with Crippen LogP contribution in [0.1, 0.15) is 12.8 Å².